The maximum Gasteiger partial charge on any atom is 0.343 e. The van der Waals surface area contributed by atoms with Gasteiger partial charge in [-0.05, 0) is 0 Å². The SMILES string of the molecule is Cn1nc(CN)[nH]c1=O. The van der Waals surface area contributed by atoms with Crippen molar-refractivity contribution in [1.29, 1.82) is 0 Å². The average Bonchev–Trinajstić information content (AvgIpc) is 2.13. The predicted octanol–water partition coefficient (Wildman–Crippen LogP) is -1.43. The summed E-state index contributed by atoms with van der Waals surface area (Å²) >= 11 is 0. The molecular formula is C4H8N4O. The number of H-pyrrole nitrogens is 1. The Morgan fingerprint density at radius 1 is 1.89 bits per heavy atom. The van der Waals surface area contributed by atoms with Crippen LogP contribution in [0.25, 0.3) is 0 Å². The van der Waals surface area contributed by atoms with Crippen LogP contribution in [0, 0.1) is 0 Å². The highest BCUT2D eigenvalue weighted by molar-refractivity contribution is 4.78. The molecule has 1 heterocycles. The summed E-state index contributed by atoms with van der Waals surface area (Å²) in [6, 6.07) is 0. The van der Waals surface area contributed by atoms with E-state index in [4.69, 9.17) is 5.73 Å². The summed E-state index contributed by atoms with van der Waals surface area (Å²) in [5, 5.41) is 3.75. The van der Waals surface area contributed by atoms with Crippen LogP contribution in [-0.2, 0) is 13.6 Å². The van der Waals surface area contributed by atoms with Crippen LogP contribution >= 0.6 is 0 Å². The van der Waals surface area contributed by atoms with Crippen molar-refractivity contribution < 1.29 is 0 Å². The molecule has 0 saturated heterocycles. The topological polar surface area (TPSA) is 76.7 Å². The summed E-state index contributed by atoms with van der Waals surface area (Å²) in [6.45, 7) is 0.274. The number of nitrogens with one attached hydrogen (secondary N) is 1. The number of hydrogen-bond donors (Lipinski definition) is 2. The van der Waals surface area contributed by atoms with Crippen molar-refractivity contribution in [2.24, 2.45) is 12.8 Å². The first-order chi connectivity index (χ1) is 4.24. The van der Waals surface area contributed by atoms with Crippen molar-refractivity contribution in [3.63, 3.8) is 0 Å². The molecule has 0 radical (unpaired) electrons. The van der Waals surface area contributed by atoms with Crippen LogP contribution < -0.4 is 11.4 Å². The molecule has 5 heteroatoms. The normalized spacial score (nSPS) is 10.0. The van der Waals surface area contributed by atoms with E-state index in [1.54, 1.807) is 7.05 Å². The molecule has 0 aliphatic carbocycles. The van der Waals surface area contributed by atoms with E-state index < -0.39 is 0 Å². The number of nitrogens with zero attached hydrogens (tertiary/aromatic N) is 2. The molecule has 5 nitrogen and oxygen atoms in total. The molecule has 0 atom stereocenters. The van der Waals surface area contributed by atoms with Gasteiger partial charge in [0.25, 0.3) is 0 Å². The molecule has 0 saturated carbocycles. The van der Waals surface area contributed by atoms with E-state index in [0.29, 0.717) is 5.82 Å². The molecule has 0 aliphatic heterocycles. The van der Waals surface area contributed by atoms with Gasteiger partial charge in [0.15, 0.2) is 0 Å². The number of aryl methyl sites for hydroxylation is 1. The van der Waals surface area contributed by atoms with Gasteiger partial charge in [0.2, 0.25) is 0 Å². The molecule has 1 aromatic heterocycles. The minimum absolute atomic E-state index is 0.226. The van der Waals surface area contributed by atoms with E-state index in [1.165, 1.54) is 4.68 Å². The molecule has 0 bridgehead atoms. The molecule has 3 N–H and O–H groups in total. The van der Waals surface area contributed by atoms with Crippen molar-refractivity contribution in [1.82, 2.24) is 14.8 Å². The Morgan fingerprint density at radius 3 is 2.78 bits per heavy atom. The van der Waals surface area contributed by atoms with Gasteiger partial charge in [0, 0.05) is 7.05 Å². The molecule has 0 aromatic carbocycles. The lowest BCUT2D eigenvalue weighted by Gasteiger charge is -1.81. The van der Waals surface area contributed by atoms with Crippen LogP contribution in [0.1, 0.15) is 5.82 Å². The summed E-state index contributed by atoms with van der Waals surface area (Å²) in [4.78, 5) is 13.1. The highest BCUT2D eigenvalue weighted by atomic mass is 16.1. The van der Waals surface area contributed by atoms with Gasteiger partial charge in [0.1, 0.15) is 5.82 Å². The lowest BCUT2D eigenvalue weighted by atomic mass is 10.6. The second-order valence-electron chi connectivity index (χ2n) is 1.70. The van der Waals surface area contributed by atoms with Crippen molar-refractivity contribution >= 4 is 0 Å². The molecule has 1 aromatic rings. The number of rotatable bonds is 1. The summed E-state index contributed by atoms with van der Waals surface area (Å²) in [7, 11) is 1.57. The summed E-state index contributed by atoms with van der Waals surface area (Å²) in [5.41, 5.74) is 4.96. The maximum atomic E-state index is 10.6. The van der Waals surface area contributed by atoms with Gasteiger partial charge in [-0.15, -0.1) is 0 Å². The third kappa shape index (κ3) is 0.996. The van der Waals surface area contributed by atoms with Crippen molar-refractivity contribution in [3.8, 4) is 0 Å². The van der Waals surface area contributed by atoms with Crippen LogP contribution in [0.2, 0.25) is 0 Å². The largest absolute Gasteiger partial charge is 0.343 e. The van der Waals surface area contributed by atoms with Gasteiger partial charge >= 0.3 is 5.69 Å². The number of nitrogens with two attached hydrogens (primary N) is 1. The molecule has 9 heavy (non-hydrogen) atoms. The highest BCUT2D eigenvalue weighted by Gasteiger charge is 1.95. The fourth-order valence-corrected chi connectivity index (χ4v) is 0.548. The Balaban J connectivity index is 3.13. The van der Waals surface area contributed by atoms with Gasteiger partial charge in [-0.25, -0.2) is 9.48 Å². The third-order valence-corrected chi connectivity index (χ3v) is 1.01. The second-order valence-corrected chi connectivity index (χ2v) is 1.70. The monoisotopic (exact) mass is 128 g/mol. The molecule has 1 rings (SSSR count). The second kappa shape index (κ2) is 2.02. The van der Waals surface area contributed by atoms with Crippen molar-refractivity contribution in [3.05, 3.63) is 16.3 Å². The first-order valence-electron chi connectivity index (χ1n) is 2.56. The molecule has 0 aliphatic rings. The zero-order valence-corrected chi connectivity index (χ0v) is 5.09. The zero-order valence-electron chi connectivity index (χ0n) is 5.09. The Kier molecular flexibility index (Phi) is 1.35. The van der Waals surface area contributed by atoms with Gasteiger partial charge in [-0.3, -0.25) is 4.98 Å². The Hall–Kier alpha value is -1.10. The quantitative estimate of drug-likeness (QED) is 0.486. The maximum absolute atomic E-state index is 10.6. The van der Waals surface area contributed by atoms with Crippen LogP contribution in [0.15, 0.2) is 4.79 Å². The summed E-state index contributed by atoms with van der Waals surface area (Å²) < 4.78 is 1.21. The summed E-state index contributed by atoms with van der Waals surface area (Å²) in [6.07, 6.45) is 0. The Bertz CT molecular complexity index is 247. The zero-order chi connectivity index (χ0) is 6.85. The highest BCUT2D eigenvalue weighted by Crippen LogP contribution is 1.76. The van der Waals surface area contributed by atoms with E-state index in [9.17, 15) is 4.79 Å². The molecule has 0 spiro atoms. The number of aromatic nitrogens is 3. The predicted molar refractivity (Wildman–Crippen MR) is 31.7 cm³/mol. The number of aromatic amines is 1. The Labute approximate surface area is 51.5 Å². The molecule has 0 unspecified atom stereocenters. The standard InChI is InChI=1S/C4H8N4O/c1-8-4(9)6-3(2-5)7-8/h2,5H2,1H3,(H,6,7,9). The molecule has 0 fully saturated rings. The average molecular weight is 128 g/mol. The van der Waals surface area contributed by atoms with Crippen LogP contribution in [-0.4, -0.2) is 14.8 Å². The molecular weight excluding hydrogens is 120 g/mol. The minimum atomic E-state index is -0.226. The fourth-order valence-electron chi connectivity index (χ4n) is 0.548. The summed E-state index contributed by atoms with van der Waals surface area (Å²) in [5.74, 6) is 0.516. The van der Waals surface area contributed by atoms with Crippen LogP contribution in [0.3, 0.4) is 0 Å². The van der Waals surface area contributed by atoms with E-state index >= 15 is 0 Å². The Morgan fingerprint density at radius 2 is 2.56 bits per heavy atom. The lowest BCUT2D eigenvalue weighted by molar-refractivity contribution is 0.719. The molecule has 0 amide bonds. The van der Waals surface area contributed by atoms with Gasteiger partial charge in [0.05, 0.1) is 6.54 Å². The fraction of sp³-hybridized carbons (Fsp3) is 0.500. The van der Waals surface area contributed by atoms with Gasteiger partial charge in [-0.1, -0.05) is 0 Å². The molecule has 50 valence electrons. The van der Waals surface area contributed by atoms with Crippen LogP contribution in [0.5, 0.6) is 0 Å². The first-order valence-corrected chi connectivity index (χ1v) is 2.56. The first kappa shape index (κ1) is 6.03. The van der Waals surface area contributed by atoms with Gasteiger partial charge < -0.3 is 5.73 Å². The lowest BCUT2D eigenvalue weighted by Crippen LogP contribution is -2.13. The minimum Gasteiger partial charge on any atom is -0.324 e. The smallest absolute Gasteiger partial charge is 0.324 e. The van der Waals surface area contributed by atoms with E-state index in [-0.39, 0.29) is 12.2 Å². The number of hydrogen-bond acceptors (Lipinski definition) is 3. The van der Waals surface area contributed by atoms with Crippen molar-refractivity contribution in [2.45, 2.75) is 6.54 Å². The van der Waals surface area contributed by atoms with Gasteiger partial charge in [-0.2, -0.15) is 5.10 Å². The van der Waals surface area contributed by atoms with E-state index in [1.807, 2.05) is 0 Å². The van der Waals surface area contributed by atoms with Crippen molar-refractivity contribution in [2.75, 3.05) is 0 Å². The van der Waals surface area contributed by atoms with Crippen LogP contribution in [0.4, 0.5) is 0 Å². The third-order valence-electron chi connectivity index (χ3n) is 1.01. The van der Waals surface area contributed by atoms with E-state index in [2.05, 4.69) is 10.1 Å². The van der Waals surface area contributed by atoms with E-state index in [0.717, 1.165) is 0 Å².